The molecule has 0 unspecified atom stereocenters. The van der Waals surface area contributed by atoms with Gasteiger partial charge in [0.15, 0.2) is 0 Å². The molecule has 0 aromatic carbocycles. The largest absolute Gasteiger partial charge is 0.468 e. The number of nitrogens with zero attached hydrogens (tertiary/aromatic N) is 1. The molecule has 0 bridgehead atoms. The highest BCUT2D eigenvalue weighted by molar-refractivity contribution is 5.93. The summed E-state index contributed by atoms with van der Waals surface area (Å²) in [5, 5.41) is 2.35. The highest BCUT2D eigenvalue weighted by atomic mass is 16.5. The van der Waals surface area contributed by atoms with E-state index in [9.17, 15) is 9.59 Å². The Labute approximate surface area is 74.3 Å². The van der Waals surface area contributed by atoms with Crippen LogP contribution in [0.25, 0.3) is 0 Å². The molecule has 6 nitrogen and oxygen atoms in total. The van der Waals surface area contributed by atoms with Gasteiger partial charge >= 0.3 is 5.97 Å². The third-order valence-corrected chi connectivity index (χ3v) is 1.36. The lowest BCUT2D eigenvalue weighted by Gasteiger charge is -2.00. The summed E-state index contributed by atoms with van der Waals surface area (Å²) in [6, 6.07) is 0. The predicted molar refractivity (Wildman–Crippen MR) is 42.9 cm³/mol. The van der Waals surface area contributed by atoms with Crippen LogP contribution in [0.5, 0.6) is 0 Å². The zero-order chi connectivity index (χ0) is 9.68. The molecule has 0 aliphatic heterocycles. The molecule has 0 fully saturated rings. The molecular weight excluding hydrogens is 174 g/mol. The topological polar surface area (TPSA) is 84.1 Å². The van der Waals surface area contributed by atoms with E-state index in [1.165, 1.54) is 19.6 Å². The Morgan fingerprint density at radius 3 is 3.00 bits per heavy atom. The summed E-state index contributed by atoms with van der Waals surface area (Å²) in [6.07, 6.45) is 2.75. The lowest BCUT2D eigenvalue weighted by atomic mass is 10.4. The van der Waals surface area contributed by atoms with Crippen LogP contribution >= 0.6 is 0 Å². The molecule has 70 valence electrons. The standard InChI is InChI=1S/C7H9N3O3/c1-13-6(11)3-9-7(12)5-2-8-4-10-5/h2,4H,3H2,1H3,(H,8,10)(H,9,12). The van der Waals surface area contributed by atoms with Gasteiger partial charge in [0, 0.05) is 0 Å². The number of hydrogen-bond donors (Lipinski definition) is 2. The molecule has 0 atom stereocenters. The van der Waals surface area contributed by atoms with Crippen molar-refractivity contribution in [2.75, 3.05) is 13.7 Å². The predicted octanol–water partition coefficient (Wildman–Crippen LogP) is -0.688. The van der Waals surface area contributed by atoms with E-state index in [0.29, 0.717) is 5.69 Å². The van der Waals surface area contributed by atoms with Crippen molar-refractivity contribution < 1.29 is 14.3 Å². The van der Waals surface area contributed by atoms with Crippen molar-refractivity contribution in [2.24, 2.45) is 0 Å². The fraction of sp³-hybridized carbons (Fsp3) is 0.286. The third-order valence-electron chi connectivity index (χ3n) is 1.36. The van der Waals surface area contributed by atoms with Gasteiger partial charge in [-0.25, -0.2) is 4.98 Å². The smallest absolute Gasteiger partial charge is 0.325 e. The van der Waals surface area contributed by atoms with E-state index in [0.717, 1.165) is 0 Å². The number of H-pyrrole nitrogens is 1. The second-order valence-corrected chi connectivity index (χ2v) is 2.22. The zero-order valence-electron chi connectivity index (χ0n) is 7.03. The number of amides is 1. The van der Waals surface area contributed by atoms with Crippen LogP contribution < -0.4 is 5.32 Å². The molecule has 1 aromatic heterocycles. The van der Waals surface area contributed by atoms with E-state index in [-0.39, 0.29) is 12.5 Å². The SMILES string of the molecule is COC(=O)CNC(=O)c1cnc[nH]1. The fourth-order valence-corrected chi connectivity index (χ4v) is 0.700. The first-order valence-corrected chi connectivity index (χ1v) is 3.57. The van der Waals surface area contributed by atoms with Gasteiger partial charge in [0.2, 0.25) is 0 Å². The zero-order valence-corrected chi connectivity index (χ0v) is 7.03. The van der Waals surface area contributed by atoms with Gasteiger partial charge in [0.1, 0.15) is 12.2 Å². The molecule has 1 rings (SSSR count). The van der Waals surface area contributed by atoms with Gasteiger partial charge < -0.3 is 15.0 Å². The van der Waals surface area contributed by atoms with Gasteiger partial charge in [0.05, 0.1) is 19.6 Å². The minimum Gasteiger partial charge on any atom is -0.468 e. The number of methoxy groups -OCH3 is 1. The second-order valence-electron chi connectivity index (χ2n) is 2.22. The molecule has 0 spiro atoms. The van der Waals surface area contributed by atoms with Crippen LogP contribution in [-0.4, -0.2) is 35.5 Å². The van der Waals surface area contributed by atoms with Crippen molar-refractivity contribution in [1.29, 1.82) is 0 Å². The van der Waals surface area contributed by atoms with Crippen LogP contribution in [0.3, 0.4) is 0 Å². The molecular formula is C7H9N3O3. The van der Waals surface area contributed by atoms with E-state index in [1.54, 1.807) is 0 Å². The quantitative estimate of drug-likeness (QED) is 0.607. The Morgan fingerprint density at radius 2 is 2.46 bits per heavy atom. The second kappa shape index (κ2) is 4.24. The van der Waals surface area contributed by atoms with Crippen molar-refractivity contribution in [3.63, 3.8) is 0 Å². The van der Waals surface area contributed by atoms with Gasteiger partial charge in [-0.3, -0.25) is 9.59 Å². The molecule has 6 heteroatoms. The summed E-state index contributed by atoms with van der Waals surface area (Å²) in [5.41, 5.74) is 0.309. The van der Waals surface area contributed by atoms with Gasteiger partial charge in [0.25, 0.3) is 5.91 Å². The highest BCUT2D eigenvalue weighted by Gasteiger charge is 2.07. The molecule has 0 saturated heterocycles. The molecule has 0 radical (unpaired) electrons. The first-order valence-electron chi connectivity index (χ1n) is 3.57. The Morgan fingerprint density at radius 1 is 1.69 bits per heavy atom. The van der Waals surface area contributed by atoms with E-state index in [1.807, 2.05) is 0 Å². The number of rotatable bonds is 3. The monoisotopic (exact) mass is 183 g/mol. The third kappa shape index (κ3) is 2.58. The van der Waals surface area contributed by atoms with Crippen molar-refractivity contribution in [3.05, 3.63) is 18.2 Å². The van der Waals surface area contributed by atoms with Crippen LogP contribution in [0.1, 0.15) is 10.5 Å². The molecule has 13 heavy (non-hydrogen) atoms. The first kappa shape index (κ1) is 9.24. The van der Waals surface area contributed by atoms with Gasteiger partial charge in [-0.15, -0.1) is 0 Å². The lowest BCUT2D eigenvalue weighted by molar-refractivity contribution is -0.139. The molecule has 1 amide bonds. The van der Waals surface area contributed by atoms with E-state index < -0.39 is 5.97 Å². The summed E-state index contributed by atoms with van der Waals surface area (Å²) in [6.45, 7) is -0.144. The van der Waals surface area contributed by atoms with Crippen molar-refractivity contribution in [2.45, 2.75) is 0 Å². The van der Waals surface area contributed by atoms with Gasteiger partial charge in [-0.2, -0.15) is 0 Å². The molecule has 0 saturated carbocycles. The maximum atomic E-state index is 11.1. The minimum atomic E-state index is -0.493. The Balaban J connectivity index is 2.39. The number of carbonyl (C=O) groups is 2. The van der Waals surface area contributed by atoms with Gasteiger partial charge in [-0.05, 0) is 0 Å². The van der Waals surface area contributed by atoms with E-state index in [2.05, 4.69) is 20.0 Å². The number of hydrogen-bond acceptors (Lipinski definition) is 4. The summed E-state index contributed by atoms with van der Waals surface area (Å²) in [7, 11) is 1.25. The number of imidazole rings is 1. The fourth-order valence-electron chi connectivity index (χ4n) is 0.700. The first-order chi connectivity index (χ1) is 6.24. The lowest BCUT2D eigenvalue weighted by Crippen LogP contribution is -2.30. The normalized spacial score (nSPS) is 9.31. The molecule has 0 aliphatic rings. The highest BCUT2D eigenvalue weighted by Crippen LogP contribution is 1.89. The molecule has 1 aromatic rings. The van der Waals surface area contributed by atoms with Crippen LogP contribution in [0.15, 0.2) is 12.5 Å². The summed E-state index contributed by atoms with van der Waals surface area (Å²) in [5.74, 6) is -0.879. The maximum Gasteiger partial charge on any atom is 0.325 e. The van der Waals surface area contributed by atoms with Crippen molar-refractivity contribution in [1.82, 2.24) is 15.3 Å². The van der Waals surface area contributed by atoms with Crippen molar-refractivity contribution in [3.8, 4) is 0 Å². The van der Waals surface area contributed by atoms with E-state index in [4.69, 9.17) is 0 Å². The van der Waals surface area contributed by atoms with Gasteiger partial charge in [-0.1, -0.05) is 0 Å². The number of nitrogens with one attached hydrogen (secondary N) is 2. The van der Waals surface area contributed by atoms with E-state index >= 15 is 0 Å². The summed E-state index contributed by atoms with van der Waals surface area (Å²) < 4.78 is 4.34. The van der Waals surface area contributed by atoms with Crippen molar-refractivity contribution >= 4 is 11.9 Å². The Hall–Kier alpha value is -1.85. The number of aromatic nitrogens is 2. The molecule has 2 N–H and O–H groups in total. The van der Waals surface area contributed by atoms with Crippen LogP contribution in [0.4, 0.5) is 0 Å². The number of aromatic amines is 1. The number of ether oxygens (including phenoxy) is 1. The maximum absolute atomic E-state index is 11.1. The number of esters is 1. The van der Waals surface area contributed by atoms with Crippen LogP contribution in [0.2, 0.25) is 0 Å². The average Bonchev–Trinajstić information content (AvgIpc) is 2.66. The Bertz CT molecular complexity index is 294. The molecule has 0 aliphatic carbocycles. The summed E-state index contributed by atoms with van der Waals surface area (Å²) in [4.78, 5) is 28.0. The van der Waals surface area contributed by atoms with Crippen LogP contribution in [-0.2, 0) is 9.53 Å². The number of carbonyl (C=O) groups excluding carboxylic acids is 2. The minimum absolute atomic E-state index is 0.144. The average molecular weight is 183 g/mol. The Kier molecular flexibility index (Phi) is 3.02. The summed E-state index contributed by atoms with van der Waals surface area (Å²) >= 11 is 0. The van der Waals surface area contributed by atoms with Crippen LogP contribution in [0, 0.1) is 0 Å². The molecule has 1 heterocycles.